The Bertz CT molecular complexity index is 425. The average Bonchev–Trinajstić information content (AvgIpc) is 2.84. The van der Waals surface area contributed by atoms with Crippen LogP contribution in [0.15, 0.2) is 18.2 Å². The Morgan fingerprint density at radius 3 is 3.06 bits per heavy atom. The second kappa shape index (κ2) is 5.96. The summed E-state index contributed by atoms with van der Waals surface area (Å²) in [5.74, 6) is -0.171. The summed E-state index contributed by atoms with van der Waals surface area (Å²) in [5.41, 5.74) is 0.294. The molecule has 0 amide bonds. The van der Waals surface area contributed by atoms with E-state index in [1.807, 2.05) is 0 Å². The van der Waals surface area contributed by atoms with Gasteiger partial charge in [-0.15, -0.1) is 0 Å². The van der Waals surface area contributed by atoms with Crippen molar-refractivity contribution in [1.82, 2.24) is 0 Å². The Kier molecular flexibility index (Phi) is 4.31. The van der Waals surface area contributed by atoms with Crippen LogP contribution in [0.4, 0.5) is 4.39 Å². The van der Waals surface area contributed by atoms with Crippen LogP contribution in [0.3, 0.4) is 0 Å². The van der Waals surface area contributed by atoms with E-state index in [9.17, 15) is 9.18 Å². The first-order valence-corrected chi connectivity index (χ1v) is 6.21. The topological polar surface area (TPSA) is 35.5 Å². The molecule has 1 aliphatic rings. The number of rotatable bonds is 5. The number of halogens is 1. The third-order valence-corrected chi connectivity index (χ3v) is 3.04. The molecule has 0 aliphatic carbocycles. The van der Waals surface area contributed by atoms with Crippen molar-refractivity contribution in [2.24, 2.45) is 0 Å². The monoisotopic (exact) mass is 252 g/mol. The van der Waals surface area contributed by atoms with E-state index in [1.54, 1.807) is 0 Å². The first kappa shape index (κ1) is 13.0. The molecular formula is C14H17FO3. The van der Waals surface area contributed by atoms with Gasteiger partial charge in [0.1, 0.15) is 11.6 Å². The van der Waals surface area contributed by atoms with E-state index >= 15 is 0 Å². The fourth-order valence-electron chi connectivity index (χ4n) is 2.08. The molecule has 1 heterocycles. The van der Waals surface area contributed by atoms with Crippen molar-refractivity contribution >= 4 is 5.78 Å². The van der Waals surface area contributed by atoms with Gasteiger partial charge in [0.05, 0.1) is 18.3 Å². The summed E-state index contributed by atoms with van der Waals surface area (Å²) >= 11 is 0. The van der Waals surface area contributed by atoms with Crippen LogP contribution in [0.25, 0.3) is 0 Å². The molecule has 0 aromatic heterocycles. The zero-order valence-corrected chi connectivity index (χ0v) is 10.4. The van der Waals surface area contributed by atoms with E-state index in [0.717, 1.165) is 25.9 Å². The number of hydrogen-bond donors (Lipinski definition) is 0. The summed E-state index contributed by atoms with van der Waals surface area (Å²) < 4.78 is 24.1. The van der Waals surface area contributed by atoms with Crippen LogP contribution in [0.2, 0.25) is 0 Å². The van der Waals surface area contributed by atoms with Crippen LogP contribution in [0.1, 0.15) is 36.5 Å². The second-order valence-electron chi connectivity index (χ2n) is 4.47. The highest BCUT2D eigenvalue weighted by Crippen LogP contribution is 2.21. The Balaban J connectivity index is 1.93. The number of hydrogen-bond acceptors (Lipinski definition) is 3. The first-order chi connectivity index (χ1) is 8.66. The summed E-state index contributed by atoms with van der Waals surface area (Å²) in [5, 5.41) is 0. The molecule has 1 saturated heterocycles. The lowest BCUT2D eigenvalue weighted by molar-refractivity contribution is 0.0897. The maximum absolute atomic E-state index is 13.0. The maximum Gasteiger partial charge on any atom is 0.163 e. The van der Waals surface area contributed by atoms with E-state index < -0.39 is 5.82 Å². The van der Waals surface area contributed by atoms with Crippen LogP contribution in [-0.2, 0) is 4.74 Å². The maximum atomic E-state index is 13.0. The molecular weight excluding hydrogens is 235 g/mol. The third-order valence-electron chi connectivity index (χ3n) is 3.04. The van der Waals surface area contributed by atoms with Gasteiger partial charge in [0.25, 0.3) is 0 Å². The molecule has 2 rings (SSSR count). The molecule has 18 heavy (non-hydrogen) atoms. The Morgan fingerprint density at radius 1 is 1.56 bits per heavy atom. The minimum absolute atomic E-state index is 0.193. The lowest BCUT2D eigenvalue weighted by atomic mass is 10.1. The molecule has 1 unspecified atom stereocenters. The summed E-state index contributed by atoms with van der Waals surface area (Å²) in [6.45, 7) is 2.71. The van der Waals surface area contributed by atoms with Crippen LogP contribution >= 0.6 is 0 Å². The number of ether oxygens (including phenoxy) is 2. The van der Waals surface area contributed by atoms with E-state index in [2.05, 4.69) is 0 Å². The van der Waals surface area contributed by atoms with Crippen LogP contribution < -0.4 is 4.74 Å². The Hall–Kier alpha value is -1.42. The highest BCUT2D eigenvalue weighted by atomic mass is 19.1. The predicted octanol–water partition coefficient (Wildman–Crippen LogP) is 2.98. The smallest absolute Gasteiger partial charge is 0.163 e. The lowest BCUT2D eigenvalue weighted by Crippen LogP contribution is -2.12. The van der Waals surface area contributed by atoms with E-state index in [0.29, 0.717) is 17.9 Å². The highest BCUT2D eigenvalue weighted by Gasteiger charge is 2.16. The van der Waals surface area contributed by atoms with Gasteiger partial charge >= 0.3 is 0 Å². The average molecular weight is 252 g/mol. The lowest BCUT2D eigenvalue weighted by Gasteiger charge is -2.12. The third kappa shape index (κ3) is 3.29. The van der Waals surface area contributed by atoms with Crippen molar-refractivity contribution in [2.45, 2.75) is 32.3 Å². The molecule has 0 bridgehead atoms. The van der Waals surface area contributed by atoms with E-state index in [-0.39, 0.29) is 11.9 Å². The minimum atomic E-state index is -0.424. The van der Waals surface area contributed by atoms with Crippen molar-refractivity contribution in [3.63, 3.8) is 0 Å². The summed E-state index contributed by atoms with van der Waals surface area (Å²) in [4.78, 5) is 11.4. The van der Waals surface area contributed by atoms with Gasteiger partial charge in [-0.25, -0.2) is 4.39 Å². The Morgan fingerprint density at radius 2 is 2.39 bits per heavy atom. The molecule has 0 radical (unpaired) electrons. The molecule has 1 fully saturated rings. The Labute approximate surface area is 106 Å². The predicted molar refractivity (Wildman–Crippen MR) is 65.5 cm³/mol. The van der Waals surface area contributed by atoms with Crippen molar-refractivity contribution in [3.8, 4) is 5.75 Å². The van der Waals surface area contributed by atoms with Crippen LogP contribution in [-0.4, -0.2) is 25.1 Å². The summed E-state index contributed by atoms with van der Waals surface area (Å²) in [6, 6.07) is 4.01. The number of carbonyl (C=O) groups excluding carboxylic acids is 1. The van der Waals surface area contributed by atoms with Gasteiger partial charge in [0.15, 0.2) is 5.78 Å². The molecule has 0 N–H and O–H groups in total. The van der Waals surface area contributed by atoms with Crippen molar-refractivity contribution in [2.75, 3.05) is 13.2 Å². The van der Waals surface area contributed by atoms with Gasteiger partial charge in [-0.3, -0.25) is 4.79 Å². The fourth-order valence-corrected chi connectivity index (χ4v) is 2.08. The molecule has 4 heteroatoms. The molecule has 1 atom stereocenters. The number of carbonyl (C=O) groups is 1. The molecule has 3 nitrogen and oxygen atoms in total. The van der Waals surface area contributed by atoms with Crippen LogP contribution in [0, 0.1) is 5.82 Å². The largest absolute Gasteiger partial charge is 0.493 e. The van der Waals surface area contributed by atoms with Gasteiger partial charge in [0, 0.05) is 13.0 Å². The molecule has 1 aromatic rings. The van der Waals surface area contributed by atoms with Gasteiger partial charge < -0.3 is 9.47 Å². The van der Waals surface area contributed by atoms with E-state index in [1.165, 1.54) is 25.1 Å². The summed E-state index contributed by atoms with van der Waals surface area (Å²) in [6.07, 6.45) is 3.22. The molecule has 1 aliphatic heterocycles. The van der Waals surface area contributed by atoms with Crippen molar-refractivity contribution in [3.05, 3.63) is 29.6 Å². The normalized spacial score (nSPS) is 18.9. The molecule has 1 aromatic carbocycles. The zero-order valence-electron chi connectivity index (χ0n) is 10.4. The number of benzene rings is 1. The molecule has 0 spiro atoms. The van der Waals surface area contributed by atoms with E-state index in [4.69, 9.17) is 9.47 Å². The van der Waals surface area contributed by atoms with Crippen molar-refractivity contribution < 1.29 is 18.7 Å². The van der Waals surface area contributed by atoms with Crippen molar-refractivity contribution in [1.29, 1.82) is 0 Å². The highest BCUT2D eigenvalue weighted by molar-refractivity contribution is 5.96. The quantitative estimate of drug-likeness (QED) is 0.756. The van der Waals surface area contributed by atoms with Crippen LogP contribution in [0.5, 0.6) is 5.75 Å². The molecule has 98 valence electrons. The molecule has 0 saturated carbocycles. The number of ketones is 1. The SMILES string of the molecule is CC(=O)c1cc(F)ccc1OCCC1CCCO1. The zero-order chi connectivity index (χ0) is 13.0. The number of Topliss-reactive ketones (excluding diaryl/α,β-unsaturated/α-hetero) is 1. The second-order valence-corrected chi connectivity index (χ2v) is 4.47. The minimum Gasteiger partial charge on any atom is -0.493 e. The van der Waals surface area contributed by atoms with Gasteiger partial charge in [-0.2, -0.15) is 0 Å². The van der Waals surface area contributed by atoms with Gasteiger partial charge in [0.2, 0.25) is 0 Å². The fraction of sp³-hybridized carbons (Fsp3) is 0.500. The standard InChI is InChI=1S/C14H17FO3/c1-10(16)13-9-11(15)4-5-14(13)18-8-6-12-3-2-7-17-12/h4-5,9,12H,2-3,6-8H2,1H3. The summed E-state index contributed by atoms with van der Waals surface area (Å²) in [7, 11) is 0. The first-order valence-electron chi connectivity index (χ1n) is 6.21. The van der Waals surface area contributed by atoms with Gasteiger partial charge in [-0.05, 0) is 38.0 Å². The van der Waals surface area contributed by atoms with Gasteiger partial charge in [-0.1, -0.05) is 0 Å².